The number of amides is 2. The topological polar surface area (TPSA) is 114 Å². The highest BCUT2D eigenvalue weighted by atomic mass is 16.5. The normalized spacial score (nSPS) is 12.0. The standard InChI is InChI=1S/C15H19N3O4/c1-4-9-22-11-7-5-10(6-8-11)13(19)17-12(14(20)18-21)15(2,3)16/h1,5-8,12,21H,9,16H2,2-3H3,(H,17,19)(H,18,20)/t12-/m1/s1. The number of nitrogens with one attached hydrogen (secondary N) is 2. The van der Waals surface area contributed by atoms with Gasteiger partial charge in [0, 0.05) is 11.1 Å². The fourth-order valence-electron chi connectivity index (χ4n) is 1.70. The summed E-state index contributed by atoms with van der Waals surface area (Å²) in [6.45, 7) is 3.25. The van der Waals surface area contributed by atoms with Gasteiger partial charge in [-0.2, -0.15) is 0 Å². The number of benzene rings is 1. The van der Waals surface area contributed by atoms with E-state index in [0.29, 0.717) is 11.3 Å². The van der Waals surface area contributed by atoms with Gasteiger partial charge in [0.2, 0.25) is 0 Å². The van der Waals surface area contributed by atoms with E-state index in [1.165, 1.54) is 17.6 Å². The van der Waals surface area contributed by atoms with Crippen molar-refractivity contribution in [1.29, 1.82) is 0 Å². The summed E-state index contributed by atoms with van der Waals surface area (Å²) in [5, 5.41) is 11.2. The molecular weight excluding hydrogens is 286 g/mol. The van der Waals surface area contributed by atoms with E-state index >= 15 is 0 Å². The Labute approximate surface area is 128 Å². The summed E-state index contributed by atoms with van der Waals surface area (Å²) in [7, 11) is 0. The van der Waals surface area contributed by atoms with E-state index < -0.39 is 23.4 Å². The van der Waals surface area contributed by atoms with E-state index in [1.807, 2.05) is 0 Å². The van der Waals surface area contributed by atoms with Crippen LogP contribution < -0.4 is 21.3 Å². The largest absolute Gasteiger partial charge is 0.481 e. The Morgan fingerprint density at radius 2 is 2.00 bits per heavy atom. The maximum atomic E-state index is 12.1. The number of ether oxygens (including phenoxy) is 1. The maximum Gasteiger partial charge on any atom is 0.267 e. The molecule has 118 valence electrons. The summed E-state index contributed by atoms with van der Waals surface area (Å²) in [5.74, 6) is 1.56. The first kappa shape index (κ1) is 17.5. The molecule has 7 heteroatoms. The second-order valence-electron chi connectivity index (χ2n) is 5.22. The molecule has 7 nitrogen and oxygen atoms in total. The van der Waals surface area contributed by atoms with Crippen LogP contribution in [-0.2, 0) is 4.79 Å². The summed E-state index contributed by atoms with van der Waals surface area (Å²) < 4.78 is 5.20. The first-order valence-electron chi connectivity index (χ1n) is 6.49. The monoisotopic (exact) mass is 305 g/mol. The highest BCUT2D eigenvalue weighted by Gasteiger charge is 2.33. The maximum absolute atomic E-state index is 12.1. The molecule has 0 fully saturated rings. The summed E-state index contributed by atoms with van der Waals surface area (Å²) in [5.41, 5.74) is 6.58. The average Bonchev–Trinajstić information content (AvgIpc) is 2.49. The van der Waals surface area contributed by atoms with Gasteiger partial charge in [-0.25, -0.2) is 5.48 Å². The van der Waals surface area contributed by atoms with Crippen molar-refractivity contribution in [3.05, 3.63) is 29.8 Å². The van der Waals surface area contributed by atoms with Crippen molar-refractivity contribution in [3.63, 3.8) is 0 Å². The first-order valence-corrected chi connectivity index (χ1v) is 6.49. The van der Waals surface area contributed by atoms with Crippen molar-refractivity contribution in [3.8, 4) is 18.1 Å². The molecule has 0 unspecified atom stereocenters. The second-order valence-corrected chi connectivity index (χ2v) is 5.22. The first-order chi connectivity index (χ1) is 10.3. The van der Waals surface area contributed by atoms with Crippen molar-refractivity contribution >= 4 is 11.8 Å². The minimum Gasteiger partial charge on any atom is -0.481 e. The smallest absolute Gasteiger partial charge is 0.267 e. The number of rotatable bonds is 6. The summed E-state index contributed by atoms with van der Waals surface area (Å²) in [6, 6.07) is 5.13. The van der Waals surface area contributed by atoms with Crippen LogP contribution in [0.25, 0.3) is 0 Å². The van der Waals surface area contributed by atoms with Gasteiger partial charge in [-0.1, -0.05) is 5.92 Å². The number of hydrogen-bond donors (Lipinski definition) is 4. The molecule has 22 heavy (non-hydrogen) atoms. The Morgan fingerprint density at radius 3 is 2.45 bits per heavy atom. The zero-order valence-electron chi connectivity index (χ0n) is 12.4. The molecule has 0 bridgehead atoms. The lowest BCUT2D eigenvalue weighted by Gasteiger charge is -2.29. The predicted octanol–water partition coefficient (Wildman–Crippen LogP) is 0.0397. The van der Waals surface area contributed by atoms with E-state index in [-0.39, 0.29) is 6.61 Å². The SMILES string of the molecule is C#CCOc1ccc(C(=O)N[C@H](C(=O)NO)C(C)(C)N)cc1. The van der Waals surface area contributed by atoms with Crippen molar-refractivity contribution < 1.29 is 19.5 Å². The van der Waals surface area contributed by atoms with E-state index in [9.17, 15) is 9.59 Å². The van der Waals surface area contributed by atoms with Gasteiger partial charge < -0.3 is 15.8 Å². The van der Waals surface area contributed by atoms with Crippen molar-refractivity contribution in [2.45, 2.75) is 25.4 Å². The molecule has 5 N–H and O–H groups in total. The number of carbonyl (C=O) groups excluding carboxylic acids is 2. The Kier molecular flexibility index (Phi) is 5.92. The van der Waals surface area contributed by atoms with E-state index in [1.54, 1.807) is 26.0 Å². The van der Waals surface area contributed by atoms with E-state index in [0.717, 1.165) is 0 Å². The van der Waals surface area contributed by atoms with Crippen molar-refractivity contribution in [2.75, 3.05) is 6.61 Å². The third-order valence-electron chi connectivity index (χ3n) is 2.83. The molecule has 0 spiro atoms. The van der Waals surface area contributed by atoms with Crippen LogP contribution in [0, 0.1) is 12.3 Å². The molecule has 0 saturated carbocycles. The Balaban J connectivity index is 2.82. The lowest BCUT2D eigenvalue weighted by molar-refractivity contribution is -0.132. The number of terminal acetylenes is 1. The molecule has 2 amide bonds. The second kappa shape index (κ2) is 7.45. The van der Waals surface area contributed by atoms with Crippen LogP contribution in [0.5, 0.6) is 5.75 Å². The van der Waals surface area contributed by atoms with Gasteiger partial charge >= 0.3 is 0 Å². The van der Waals surface area contributed by atoms with Crippen LogP contribution in [-0.4, -0.2) is 35.2 Å². The molecule has 1 aromatic carbocycles. The highest BCUT2D eigenvalue weighted by molar-refractivity contribution is 5.97. The molecule has 0 aliphatic heterocycles. The molecule has 0 aliphatic rings. The Bertz CT molecular complexity index is 570. The molecule has 1 rings (SSSR count). The van der Waals surface area contributed by atoms with Crippen LogP contribution >= 0.6 is 0 Å². The molecule has 1 atom stereocenters. The van der Waals surface area contributed by atoms with Crippen molar-refractivity contribution in [2.24, 2.45) is 5.73 Å². The Hall–Kier alpha value is -2.56. The number of carbonyl (C=O) groups is 2. The van der Waals surface area contributed by atoms with Gasteiger partial charge in [0.25, 0.3) is 11.8 Å². The van der Waals surface area contributed by atoms with E-state index in [4.69, 9.17) is 22.1 Å². The number of hydroxylamine groups is 1. The molecule has 0 radical (unpaired) electrons. The Morgan fingerprint density at radius 1 is 1.41 bits per heavy atom. The highest BCUT2D eigenvalue weighted by Crippen LogP contribution is 2.13. The van der Waals surface area contributed by atoms with Gasteiger partial charge in [-0.05, 0) is 38.1 Å². The van der Waals surface area contributed by atoms with Crippen LogP contribution in [0.15, 0.2) is 24.3 Å². The van der Waals surface area contributed by atoms with Gasteiger partial charge in [-0.3, -0.25) is 14.8 Å². The predicted molar refractivity (Wildman–Crippen MR) is 80.2 cm³/mol. The molecule has 0 aliphatic carbocycles. The third kappa shape index (κ3) is 4.77. The van der Waals surface area contributed by atoms with Gasteiger partial charge in [0.15, 0.2) is 0 Å². The summed E-state index contributed by atoms with van der Waals surface area (Å²) in [4.78, 5) is 23.7. The number of nitrogens with two attached hydrogens (primary N) is 1. The van der Waals surface area contributed by atoms with Gasteiger partial charge in [-0.15, -0.1) is 6.42 Å². The lowest BCUT2D eigenvalue weighted by Crippen LogP contribution is -2.61. The van der Waals surface area contributed by atoms with Crippen LogP contribution in [0.4, 0.5) is 0 Å². The summed E-state index contributed by atoms with van der Waals surface area (Å²) in [6.07, 6.45) is 5.08. The molecular formula is C15H19N3O4. The minimum atomic E-state index is -1.10. The van der Waals surface area contributed by atoms with Crippen LogP contribution in [0.1, 0.15) is 24.2 Å². The third-order valence-corrected chi connectivity index (χ3v) is 2.83. The number of hydrogen-bond acceptors (Lipinski definition) is 5. The fraction of sp³-hybridized carbons (Fsp3) is 0.333. The zero-order valence-corrected chi connectivity index (χ0v) is 12.4. The lowest BCUT2D eigenvalue weighted by atomic mass is 9.95. The summed E-state index contributed by atoms with van der Waals surface area (Å²) >= 11 is 0. The molecule has 1 aromatic rings. The van der Waals surface area contributed by atoms with Crippen LogP contribution in [0.2, 0.25) is 0 Å². The van der Waals surface area contributed by atoms with Gasteiger partial charge in [0.05, 0.1) is 0 Å². The quantitative estimate of drug-likeness (QED) is 0.337. The zero-order chi connectivity index (χ0) is 16.8. The van der Waals surface area contributed by atoms with Crippen molar-refractivity contribution in [1.82, 2.24) is 10.8 Å². The minimum absolute atomic E-state index is 0.131. The van der Waals surface area contributed by atoms with Crippen LogP contribution in [0.3, 0.4) is 0 Å². The molecule has 0 saturated heterocycles. The van der Waals surface area contributed by atoms with Gasteiger partial charge in [0.1, 0.15) is 18.4 Å². The fourth-order valence-corrected chi connectivity index (χ4v) is 1.70. The van der Waals surface area contributed by atoms with E-state index in [2.05, 4.69) is 11.2 Å². The molecule has 0 heterocycles. The molecule has 0 aromatic heterocycles. The average molecular weight is 305 g/mol.